The molecule has 0 unspecified atom stereocenters. The van der Waals surface area contributed by atoms with E-state index >= 15 is 35.1 Å². The molecule has 2 nitrogen and oxygen atoms in total. The van der Waals surface area contributed by atoms with Gasteiger partial charge in [0.1, 0.15) is 52.7 Å². The van der Waals surface area contributed by atoms with Crippen molar-refractivity contribution in [2.24, 2.45) is 0 Å². The second kappa shape index (κ2) is 18.7. The number of benzene rings is 6. The summed E-state index contributed by atoms with van der Waals surface area (Å²) in [5.41, 5.74) is -11.8. The van der Waals surface area contributed by atoms with Gasteiger partial charge in [0.25, 0.3) is 5.52 Å². The van der Waals surface area contributed by atoms with Crippen LogP contribution < -0.4 is 31.4 Å². The zero-order valence-corrected chi connectivity index (χ0v) is 33.5. The van der Waals surface area contributed by atoms with Crippen molar-refractivity contribution in [3.05, 3.63) is 189 Å². The Morgan fingerprint density at radius 1 is 0.353 bits per heavy atom. The molecule has 0 aliphatic heterocycles. The number of para-hydroxylation sites is 1. The highest BCUT2D eigenvalue weighted by Gasteiger charge is 2.52. The van der Waals surface area contributed by atoms with Gasteiger partial charge in [-0.3, -0.25) is 0 Å². The summed E-state index contributed by atoms with van der Waals surface area (Å²) >= 11 is 0. The van der Waals surface area contributed by atoms with Gasteiger partial charge in [-0.2, -0.15) is 0 Å². The fraction of sp³-hybridized carbons (Fsp3) is 0.133. The normalized spacial score (nSPS) is 13.2. The first-order valence-electron chi connectivity index (χ1n) is 19.5. The molecule has 0 radical (unpaired) electrons. The predicted molar refractivity (Wildman–Crippen MR) is 202 cm³/mol. The van der Waals surface area contributed by atoms with Gasteiger partial charge in [-0.15, -0.1) is 21.9 Å². The van der Waals surface area contributed by atoms with E-state index in [2.05, 4.69) is 42.5 Å². The Hall–Kier alpha value is -6.81. The molecule has 356 valence electrons. The van der Waals surface area contributed by atoms with Gasteiger partial charge in [-0.25, -0.2) is 92.6 Å². The lowest BCUT2D eigenvalue weighted by molar-refractivity contribution is -0.854. The number of hydrogen-bond donors (Lipinski definition) is 0. The molecule has 0 N–H and O–H groups in total. The first-order chi connectivity index (χ1) is 32.1. The maximum absolute atomic E-state index is 15.4. The van der Waals surface area contributed by atoms with Gasteiger partial charge in [-0.05, 0) is 48.6 Å². The molecule has 8 rings (SSSR count). The fourth-order valence-corrected chi connectivity index (χ4v) is 8.44. The van der Waals surface area contributed by atoms with E-state index in [0.29, 0.717) is 0 Å². The molecule has 23 heteroatoms. The van der Waals surface area contributed by atoms with E-state index in [-0.39, 0.29) is 0 Å². The highest BCUT2D eigenvalue weighted by atomic mass is 19.2. The lowest BCUT2D eigenvalue weighted by atomic mass is 9.12. The molecule has 0 bridgehead atoms. The summed E-state index contributed by atoms with van der Waals surface area (Å²) in [4.78, 5) is 6.05. The van der Waals surface area contributed by atoms with Crippen molar-refractivity contribution in [3.8, 4) is 5.75 Å². The third-order valence-electron chi connectivity index (χ3n) is 11.5. The average Bonchev–Trinajstić information content (AvgIpc) is 3.34. The zero-order chi connectivity index (χ0) is 49.8. The standard InChI is InChI=1S/C24BF20.C21H22NO/c26-5-1(6(27)14(35)21(42)13(5)34)25(2-7(28)15(36)22(43)16(37)8(2)29,3-9(30)17(38)23(44)18(39)10(3)31)4-11(32)19(40)24(45)20(41)12(4)33;1-2-7-17(8-3-1)18-12-14-20(15-13-18)23-22-16-6-10-19-9-4-5-11-21(19)22/h;4-6,9-17H,1-3,7-8H2/q-1;+1. The van der Waals surface area contributed by atoms with Gasteiger partial charge < -0.3 is 0 Å². The van der Waals surface area contributed by atoms with Crippen LogP contribution in [0.2, 0.25) is 0 Å². The molecule has 1 heterocycles. The first kappa shape index (κ1) is 49.1. The van der Waals surface area contributed by atoms with Gasteiger partial charge in [0.15, 0.2) is 69.8 Å². The van der Waals surface area contributed by atoms with Crippen LogP contribution in [0.1, 0.15) is 43.6 Å². The van der Waals surface area contributed by atoms with Crippen molar-refractivity contribution in [3.63, 3.8) is 0 Å². The summed E-state index contributed by atoms with van der Waals surface area (Å²) in [6.45, 7) is 0. The quantitative estimate of drug-likeness (QED) is 0.0510. The average molecular weight is 983 g/mol. The SMILES string of the molecule is Fc1c(F)c(F)c([B-](c2c(F)c(F)c(F)c(F)c2F)(c2c(F)c(F)c(F)c(F)c2F)c2c(F)c(F)c(F)c(F)c2F)c(F)c1F.c1ccc2c(c1)ccc[n+]2Oc1ccc(C2CCCCC2)cc1. The Morgan fingerprint density at radius 3 is 1.01 bits per heavy atom. The largest absolute Gasteiger partial charge is 0.265 e. The molecule has 0 spiro atoms. The van der Waals surface area contributed by atoms with Crippen LogP contribution in [0.15, 0.2) is 66.9 Å². The molecule has 1 fully saturated rings. The van der Waals surface area contributed by atoms with Crippen LogP contribution in [-0.4, -0.2) is 6.15 Å². The first-order valence-corrected chi connectivity index (χ1v) is 19.5. The Kier molecular flexibility index (Phi) is 13.5. The van der Waals surface area contributed by atoms with E-state index in [1.165, 1.54) is 43.1 Å². The van der Waals surface area contributed by atoms with E-state index in [9.17, 15) is 52.7 Å². The minimum Gasteiger partial charge on any atom is -0.231 e. The molecule has 1 aromatic heterocycles. The van der Waals surface area contributed by atoms with Crippen molar-refractivity contribution in [1.29, 1.82) is 0 Å². The van der Waals surface area contributed by atoms with E-state index in [4.69, 9.17) is 4.84 Å². The molecule has 68 heavy (non-hydrogen) atoms. The topological polar surface area (TPSA) is 13.1 Å². The Balaban J connectivity index is 0.000000246. The van der Waals surface area contributed by atoms with Crippen LogP contribution >= 0.6 is 0 Å². The molecule has 6 aromatic carbocycles. The summed E-state index contributed by atoms with van der Waals surface area (Å²) in [5, 5.41) is 1.17. The molecule has 7 aromatic rings. The van der Waals surface area contributed by atoms with Crippen LogP contribution in [0, 0.1) is 116 Å². The zero-order valence-electron chi connectivity index (χ0n) is 33.5. The molecule has 1 saturated carbocycles. The van der Waals surface area contributed by atoms with Crippen LogP contribution in [0.4, 0.5) is 87.8 Å². The number of pyridine rings is 1. The van der Waals surface area contributed by atoms with Gasteiger partial charge in [0.05, 0.1) is 5.39 Å². The van der Waals surface area contributed by atoms with Gasteiger partial charge in [-0.1, -0.05) is 43.5 Å². The number of fused-ring (bicyclic) bond motifs is 1. The van der Waals surface area contributed by atoms with Gasteiger partial charge in [0, 0.05) is 16.9 Å². The Labute approximate surface area is 368 Å². The summed E-state index contributed by atoms with van der Waals surface area (Å²) in [7, 11) is 0. The molecular weight excluding hydrogens is 961 g/mol. The minimum atomic E-state index is -7.22. The van der Waals surface area contributed by atoms with Crippen molar-refractivity contribution in [1.82, 2.24) is 0 Å². The molecule has 1 aliphatic carbocycles. The summed E-state index contributed by atoms with van der Waals surface area (Å²) in [5.74, 6) is -69.8. The second-order valence-electron chi connectivity index (χ2n) is 15.2. The minimum absolute atomic E-state index is 0.739. The van der Waals surface area contributed by atoms with E-state index < -0.39 is 144 Å². The summed E-state index contributed by atoms with van der Waals surface area (Å²) in [6, 6.07) is 21.0. The van der Waals surface area contributed by atoms with Crippen LogP contribution in [-0.2, 0) is 0 Å². The van der Waals surface area contributed by atoms with Crippen molar-refractivity contribution in [2.45, 2.75) is 38.0 Å². The maximum atomic E-state index is 15.4. The van der Waals surface area contributed by atoms with Crippen molar-refractivity contribution < 1.29 is 97.4 Å². The van der Waals surface area contributed by atoms with Crippen LogP contribution in [0.3, 0.4) is 0 Å². The second-order valence-corrected chi connectivity index (χ2v) is 15.2. The van der Waals surface area contributed by atoms with Crippen LogP contribution in [0.25, 0.3) is 10.9 Å². The number of rotatable bonds is 7. The molecular formula is C45H22BF20NO. The summed E-state index contributed by atoms with van der Waals surface area (Å²) < 4.78 is 296. The lowest BCUT2D eigenvalue weighted by Gasteiger charge is -2.44. The number of nitrogens with zero attached hydrogens (tertiary/aromatic N) is 1. The van der Waals surface area contributed by atoms with Gasteiger partial charge in [0.2, 0.25) is 11.9 Å². The highest BCUT2D eigenvalue weighted by molar-refractivity contribution is 7.20. The third-order valence-corrected chi connectivity index (χ3v) is 11.5. The van der Waals surface area contributed by atoms with Crippen molar-refractivity contribution in [2.75, 3.05) is 0 Å². The van der Waals surface area contributed by atoms with E-state index in [1.807, 2.05) is 29.1 Å². The smallest absolute Gasteiger partial charge is 0.231 e. The molecule has 1 aliphatic rings. The molecule has 0 saturated heterocycles. The Bertz CT molecular complexity index is 2750. The molecule has 0 amide bonds. The van der Waals surface area contributed by atoms with Crippen molar-refractivity contribution >= 4 is 38.9 Å². The number of halogens is 20. The molecule has 0 atom stereocenters. The lowest BCUT2D eigenvalue weighted by Crippen LogP contribution is -2.81. The maximum Gasteiger partial charge on any atom is 0.265 e. The highest BCUT2D eigenvalue weighted by Crippen LogP contribution is 2.34. The van der Waals surface area contributed by atoms with E-state index in [1.54, 1.807) is 0 Å². The predicted octanol–water partition coefficient (Wildman–Crippen LogP) is 10.9. The summed E-state index contributed by atoms with van der Waals surface area (Å²) in [6.07, 6.45) is 1.54. The number of aromatic nitrogens is 1. The fourth-order valence-electron chi connectivity index (χ4n) is 8.44. The third kappa shape index (κ3) is 7.81. The monoisotopic (exact) mass is 983 g/mol. The van der Waals surface area contributed by atoms with Crippen LogP contribution in [0.5, 0.6) is 5.75 Å². The number of hydrogen-bond acceptors (Lipinski definition) is 1. The van der Waals surface area contributed by atoms with Gasteiger partial charge >= 0.3 is 0 Å². The van der Waals surface area contributed by atoms with E-state index in [0.717, 1.165) is 17.2 Å². The Morgan fingerprint density at radius 2 is 0.662 bits per heavy atom.